The van der Waals surface area contributed by atoms with Crippen LogP contribution in [0, 0.1) is 0 Å². The minimum absolute atomic E-state index is 0.129. The van der Waals surface area contributed by atoms with E-state index in [0.717, 1.165) is 35.1 Å². The summed E-state index contributed by atoms with van der Waals surface area (Å²) < 4.78 is 28.5. The van der Waals surface area contributed by atoms with Crippen molar-refractivity contribution in [2.24, 2.45) is 0 Å². The lowest BCUT2D eigenvalue weighted by molar-refractivity contribution is 0.0951. The van der Waals surface area contributed by atoms with Crippen LogP contribution in [0.5, 0.6) is 0 Å². The first-order chi connectivity index (χ1) is 16.9. The molecule has 7 heteroatoms. The SMILES string of the molecule is Nc1ccc(CNC(=O)c2ccc(S(=O)(=O)n3cc(-c4ccccc4)c4c3C=CCC4)cc2)cc1. The molecule has 0 saturated carbocycles. The fourth-order valence-corrected chi connectivity index (χ4v) is 5.65. The second-order valence-electron chi connectivity index (χ2n) is 8.46. The molecule has 1 aliphatic rings. The van der Waals surface area contributed by atoms with Crippen molar-refractivity contribution in [1.82, 2.24) is 9.29 Å². The van der Waals surface area contributed by atoms with Crippen molar-refractivity contribution in [3.05, 3.63) is 114 Å². The van der Waals surface area contributed by atoms with E-state index in [1.54, 1.807) is 18.3 Å². The molecule has 0 unspecified atom stereocenters. The lowest BCUT2D eigenvalue weighted by atomic mass is 9.96. The molecule has 3 N–H and O–H groups in total. The van der Waals surface area contributed by atoms with E-state index in [1.807, 2.05) is 54.6 Å². The van der Waals surface area contributed by atoms with Gasteiger partial charge in [-0.3, -0.25) is 4.79 Å². The molecule has 3 aromatic carbocycles. The molecule has 0 fully saturated rings. The van der Waals surface area contributed by atoms with Crippen LogP contribution in [-0.4, -0.2) is 18.3 Å². The summed E-state index contributed by atoms with van der Waals surface area (Å²) in [6.07, 6.45) is 7.24. The Morgan fingerprint density at radius 1 is 0.943 bits per heavy atom. The Hall–Kier alpha value is -4.10. The number of anilines is 1. The molecule has 0 atom stereocenters. The van der Waals surface area contributed by atoms with Gasteiger partial charge in [-0.2, -0.15) is 0 Å². The Balaban J connectivity index is 1.41. The van der Waals surface area contributed by atoms with E-state index in [4.69, 9.17) is 5.73 Å². The maximum atomic E-state index is 13.6. The molecule has 0 saturated heterocycles. The van der Waals surface area contributed by atoms with E-state index in [0.29, 0.717) is 23.5 Å². The molecule has 5 rings (SSSR count). The Morgan fingerprint density at radius 2 is 1.66 bits per heavy atom. The van der Waals surface area contributed by atoms with E-state index >= 15 is 0 Å². The van der Waals surface area contributed by atoms with Crippen molar-refractivity contribution in [2.45, 2.75) is 24.3 Å². The average molecular weight is 484 g/mol. The Morgan fingerprint density at radius 3 is 2.37 bits per heavy atom. The number of rotatable bonds is 6. The second-order valence-corrected chi connectivity index (χ2v) is 10.3. The maximum absolute atomic E-state index is 13.6. The monoisotopic (exact) mass is 483 g/mol. The predicted molar refractivity (Wildman–Crippen MR) is 138 cm³/mol. The van der Waals surface area contributed by atoms with Crippen LogP contribution in [0.2, 0.25) is 0 Å². The van der Waals surface area contributed by atoms with Crippen molar-refractivity contribution in [3.63, 3.8) is 0 Å². The van der Waals surface area contributed by atoms with Crippen LogP contribution in [0.3, 0.4) is 0 Å². The summed E-state index contributed by atoms with van der Waals surface area (Å²) in [7, 11) is -3.85. The van der Waals surface area contributed by atoms with Gasteiger partial charge in [0.05, 0.1) is 10.6 Å². The molecule has 0 radical (unpaired) electrons. The molecule has 0 aliphatic heterocycles. The zero-order valence-electron chi connectivity index (χ0n) is 19.0. The van der Waals surface area contributed by atoms with Gasteiger partial charge in [-0.25, -0.2) is 12.4 Å². The zero-order chi connectivity index (χ0) is 24.4. The lowest BCUT2D eigenvalue weighted by Crippen LogP contribution is -2.23. The highest BCUT2D eigenvalue weighted by Gasteiger charge is 2.25. The van der Waals surface area contributed by atoms with Crippen LogP contribution < -0.4 is 11.1 Å². The summed E-state index contributed by atoms with van der Waals surface area (Å²) in [5.74, 6) is -0.279. The maximum Gasteiger partial charge on any atom is 0.268 e. The quantitative estimate of drug-likeness (QED) is 0.383. The molecular weight excluding hydrogens is 458 g/mol. The van der Waals surface area contributed by atoms with Crippen LogP contribution in [0.25, 0.3) is 17.2 Å². The first kappa shape index (κ1) is 22.7. The van der Waals surface area contributed by atoms with Gasteiger partial charge < -0.3 is 11.1 Å². The van der Waals surface area contributed by atoms with Crippen molar-refractivity contribution in [2.75, 3.05) is 5.73 Å². The molecular formula is C28H25N3O3S. The third kappa shape index (κ3) is 4.50. The van der Waals surface area contributed by atoms with Gasteiger partial charge in [0.25, 0.3) is 15.9 Å². The van der Waals surface area contributed by atoms with Crippen molar-refractivity contribution >= 4 is 27.7 Å². The summed E-state index contributed by atoms with van der Waals surface area (Å²) in [6.45, 7) is 0.350. The first-order valence-electron chi connectivity index (χ1n) is 11.4. The number of nitrogens with two attached hydrogens (primary N) is 1. The number of aromatic nitrogens is 1. The Bertz CT molecular complexity index is 1500. The third-order valence-corrected chi connectivity index (χ3v) is 7.83. The topological polar surface area (TPSA) is 94.2 Å². The number of carbonyl (C=O) groups excluding carboxylic acids is 1. The number of allylic oxidation sites excluding steroid dienone is 1. The van der Waals surface area contributed by atoms with Crippen molar-refractivity contribution in [1.29, 1.82) is 0 Å². The number of nitrogens with zero attached hydrogens (tertiary/aromatic N) is 1. The van der Waals surface area contributed by atoms with Gasteiger partial charge in [-0.05, 0) is 72.0 Å². The fraction of sp³-hybridized carbons (Fsp3) is 0.107. The van der Waals surface area contributed by atoms with E-state index in [2.05, 4.69) is 5.32 Å². The second kappa shape index (κ2) is 9.27. The number of fused-ring (bicyclic) bond motifs is 1. The third-order valence-electron chi connectivity index (χ3n) is 6.15. The van der Waals surface area contributed by atoms with Gasteiger partial charge in [-0.15, -0.1) is 0 Å². The van der Waals surface area contributed by atoms with Gasteiger partial charge in [0, 0.05) is 29.6 Å². The van der Waals surface area contributed by atoms with E-state index < -0.39 is 10.0 Å². The molecule has 0 spiro atoms. The number of hydrogen-bond donors (Lipinski definition) is 2. The average Bonchev–Trinajstić information content (AvgIpc) is 3.29. The largest absolute Gasteiger partial charge is 0.399 e. The van der Waals surface area contributed by atoms with Crippen LogP contribution in [0.4, 0.5) is 5.69 Å². The predicted octanol–water partition coefficient (Wildman–Crippen LogP) is 4.86. The Labute approximate surface area is 204 Å². The molecule has 6 nitrogen and oxygen atoms in total. The van der Waals surface area contributed by atoms with Crippen LogP contribution >= 0.6 is 0 Å². The summed E-state index contributed by atoms with van der Waals surface area (Å²) in [4.78, 5) is 12.7. The van der Waals surface area contributed by atoms with E-state index in [-0.39, 0.29) is 10.8 Å². The molecule has 0 bridgehead atoms. The summed E-state index contributed by atoms with van der Waals surface area (Å²) in [6, 6.07) is 23.1. The molecule has 1 amide bonds. The van der Waals surface area contributed by atoms with Gasteiger partial charge >= 0.3 is 0 Å². The van der Waals surface area contributed by atoms with Crippen LogP contribution in [0.1, 0.15) is 33.6 Å². The minimum atomic E-state index is -3.85. The zero-order valence-corrected chi connectivity index (χ0v) is 19.8. The van der Waals surface area contributed by atoms with Crippen LogP contribution in [-0.2, 0) is 23.0 Å². The van der Waals surface area contributed by atoms with Crippen LogP contribution in [0.15, 0.2) is 96.0 Å². The van der Waals surface area contributed by atoms with Gasteiger partial charge in [0.1, 0.15) is 0 Å². The minimum Gasteiger partial charge on any atom is -0.399 e. The highest BCUT2D eigenvalue weighted by atomic mass is 32.2. The normalized spacial score (nSPS) is 12.8. The summed E-state index contributed by atoms with van der Waals surface area (Å²) in [5.41, 5.74) is 11.3. The molecule has 35 heavy (non-hydrogen) atoms. The Kier molecular flexibility index (Phi) is 6.01. The number of benzene rings is 3. The summed E-state index contributed by atoms with van der Waals surface area (Å²) >= 11 is 0. The number of amides is 1. The highest BCUT2D eigenvalue weighted by molar-refractivity contribution is 7.90. The lowest BCUT2D eigenvalue weighted by Gasteiger charge is -2.12. The number of nitrogen functional groups attached to an aromatic ring is 1. The van der Waals surface area contributed by atoms with Crippen molar-refractivity contribution in [3.8, 4) is 11.1 Å². The molecule has 1 aliphatic carbocycles. The molecule has 1 heterocycles. The fourth-order valence-electron chi connectivity index (χ4n) is 4.27. The molecule has 1 aromatic heterocycles. The molecule has 176 valence electrons. The number of nitrogens with one attached hydrogen (secondary N) is 1. The number of hydrogen-bond acceptors (Lipinski definition) is 4. The summed E-state index contributed by atoms with van der Waals surface area (Å²) in [5, 5.41) is 2.84. The standard InChI is InChI=1S/C28H25N3O3S/c29-23-14-10-20(11-15-23)18-30-28(32)22-12-16-24(17-13-22)35(33,34)31-19-26(21-6-2-1-3-7-21)25-8-4-5-9-27(25)31/h1-3,5-7,9-17,19H,4,8,18,29H2,(H,30,32). The highest BCUT2D eigenvalue weighted by Crippen LogP contribution is 2.34. The van der Waals surface area contributed by atoms with E-state index in [9.17, 15) is 13.2 Å². The van der Waals surface area contributed by atoms with Crippen molar-refractivity contribution < 1.29 is 13.2 Å². The first-order valence-corrected chi connectivity index (χ1v) is 12.8. The molecule has 4 aromatic rings. The smallest absolute Gasteiger partial charge is 0.268 e. The van der Waals surface area contributed by atoms with E-state index in [1.165, 1.54) is 28.2 Å². The number of carbonyl (C=O) groups is 1. The van der Waals surface area contributed by atoms with Gasteiger partial charge in [0.15, 0.2) is 0 Å². The van der Waals surface area contributed by atoms with Gasteiger partial charge in [-0.1, -0.05) is 48.5 Å². The van der Waals surface area contributed by atoms with Gasteiger partial charge in [0.2, 0.25) is 0 Å².